The number of nitrogens with two attached hydrogens (primary N) is 1. The van der Waals surface area contributed by atoms with E-state index in [0.717, 1.165) is 19.5 Å². The zero-order chi connectivity index (χ0) is 15.2. The molecule has 0 aromatic heterocycles. The number of hydrogen-bond acceptors (Lipinski definition) is 3. The Labute approximate surface area is 122 Å². The van der Waals surface area contributed by atoms with E-state index in [0.29, 0.717) is 18.4 Å². The highest BCUT2D eigenvalue weighted by Gasteiger charge is 2.17. The Morgan fingerprint density at radius 2 is 2.20 bits per heavy atom. The normalized spacial score (nSPS) is 21.5. The molecule has 0 aromatic rings. The fourth-order valence-corrected chi connectivity index (χ4v) is 3.26. The molecule has 1 rings (SSSR count). The predicted octanol–water partition coefficient (Wildman–Crippen LogP) is -0.135. The van der Waals surface area contributed by atoms with Crippen molar-refractivity contribution in [3.63, 3.8) is 0 Å². The molecule has 0 aromatic carbocycles. The van der Waals surface area contributed by atoms with Gasteiger partial charge in [-0.1, -0.05) is 6.92 Å². The van der Waals surface area contributed by atoms with Gasteiger partial charge >= 0.3 is 0 Å². The summed E-state index contributed by atoms with van der Waals surface area (Å²) in [5.74, 6) is 1.14. The van der Waals surface area contributed by atoms with Crippen LogP contribution < -0.4 is 15.2 Å². The first-order valence-corrected chi connectivity index (χ1v) is 8.60. The summed E-state index contributed by atoms with van der Waals surface area (Å²) in [5.41, 5.74) is 5.92. The van der Waals surface area contributed by atoms with Crippen molar-refractivity contribution >= 4 is 16.2 Å². The highest BCUT2D eigenvalue weighted by Crippen LogP contribution is 2.14. The smallest absolute Gasteiger partial charge is 0.277 e. The predicted molar refractivity (Wildman–Crippen MR) is 81.7 cm³/mol. The van der Waals surface area contributed by atoms with Gasteiger partial charge in [0.25, 0.3) is 10.2 Å². The van der Waals surface area contributed by atoms with Gasteiger partial charge in [-0.15, -0.1) is 0 Å². The third-order valence-electron chi connectivity index (χ3n) is 3.05. The Balaban J connectivity index is 2.33. The Kier molecular flexibility index (Phi) is 6.70. The molecule has 20 heavy (non-hydrogen) atoms. The van der Waals surface area contributed by atoms with Crippen molar-refractivity contribution in [2.75, 3.05) is 26.2 Å². The number of guanidine groups is 1. The molecule has 0 aliphatic carbocycles. The van der Waals surface area contributed by atoms with Crippen LogP contribution in [0.4, 0.5) is 0 Å². The molecule has 1 aliphatic rings. The molecular weight excluding hydrogens is 278 g/mol. The van der Waals surface area contributed by atoms with Crippen molar-refractivity contribution in [2.45, 2.75) is 39.7 Å². The zero-order valence-electron chi connectivity index (χ0n) is 12.6. The molecule has 0 saturated carbocycles. The average molecular weight is 305 g/mol. The monoisotopic (exact) mass is 305 g/mol. The van der Waals surface area contributed by atoms with Crippen LogP contribution in [0.15, 0.2) is 4.99 Å². The summed E-state index contributed by atoms with van der Waals surface area (Å²) in [6.07, 6.45) is 2.35. The van der Waals surface area contributed by atoms with Crippen LogP contribution in [-0.2, 0) is 10.2 Å². The minimum Gasteiger partial charge on any atom is -0.370 e. The van der Waals surface area contributed by atoms with Crippen molar-refractivity contribution in [3.05, 3.63) is 0 Å². The topological polar surface area (TPSA) is 99.8 Å². The van der Waals surface area contributed by atoms with Gasteiger partial charge in [-0.3, -0.25) is 4.99 Å². The maximum atomic E-state index is 11.5. The van der Waals surface area contributed by atoms with Crippen LogP contribution in [0, 0.1) is 5.92 Å². The van der Waals surface area contributed by atoms with Crippen LogP contribution in [0.1, 0.15) is 33.6 Å². The van der Waals surface area contributed by atoms with E-state index in [-0.39, 0.29) is 12.6 Å². The Morgan fingerprint density at radius 1 is 1.50 bits per heavy atom. The highest BCUT2D eigenvalue weighted by atomic mass is 32.2. The second-order valence-corrected chi connectivity index (χ2v) is 7.13. The molecule has 8 heteroatoms. The van der Waals surface area contributed by atoms with Crippen molar-refractivity contribution in [2.24, 2.45) is 16.6 Å². The van der Waals surface area contributed by atoms with Gasteiger partial charge in [0.1, 0.15) is 0 Å². The molecule has 118 valence electrons. The van der Waals surface area contributed by atoms with Gasteiger partial charge in [-0.2, -0.15) is 13.1 Å². The molecule has 1 unspecified atom stereocenters. The Bertz CT molecular complexity index is 422. The molecule has 1 saturated heterocycles. The van der Waals surface area contributed by atoms with Crippen LogP contribution in [0.2, 0.25) is 0 Å². The second-order valence-electron chi connectivity index (χ2n) is 5.60. The standard InChI is InChI=1S/C12H27N5O2S/c1-10(2)16-20(18,19)15-7-6-14-12(13)17-8-4-5-11(3)9-17/h10-11,15-16H,4-9H2,1-3H3,(H2,13,14). The third-order valence-corrected chi connectivity index (χ3v) is 4.42. The Hall–Kier alpha value is -0.860. The number of nitrogens with zero attached hydrogens (tertiary/aromatic N) is 2. The maximum Gasteiger partial charge on any atom is 0.277 e. The summed E-state index contributed by atoms with van der Waals surface area (Å²) in [7, 11) is -3.44. The molecular formula is C12H27N5O2S. The minimum atomic E-state index is -3.44. The van der Waals surface area contributed by atoms with E-state index in [1.165, 1.54) is 6.42 Å². The van der Waals surface area contributed by atoms with Crippen molar-refractivity contribution in [1.82, 2.24) is 14.3 Å². The minimum absolute atomic E-state index is 0.129. The van der Waals surface area contributed by atoms with Gasteiger partial charge in [0.2, 0.25) is 0 Å². The summed E-state index contributed by atoms with van der Waals surface area (Å²) in [6.45, 7) is 8.18. The van der Waals surface area contributed by atoms with E-state index >= 15 is 0 Å². The molecule has 0 spiro atoms. The zero-order valence-corrected chi connectivity index (χ0v) is 13.4. The number of nitrogens with one attached hydrogen (secondary N) is 2. The SMILES string of the molecule is CC1CCCN(C(N)=NCCNS(=O)(=O)NC(C)C)C1. The summed E-state index contributed by atoms with van der Waals surface area (Å²) >= 11 is 0. The number of piperidine rings is 1. The number of aliphatic imine (C=N–C) groups is 1. The van der Waals surface area contributed by atoms with E-state index in [1.54, 1.807) is 13.8 Å². The van der Waals surface area contributed by atoms with Crippen LogP contribution >= 0.6 is 0 Å². The molecule has 0 bridgehead atoms. The lowest BCUT2D eigenvalue weighted by molar-refractivity contribution is 0.270. The van der Waals surface area contributed by atoms with Gasteiger partial charge < -0.3 is 10.6 Å². The van der Waals surface area contributed by atoms with E-state index in [4.69, 9.17) is 5.73 Å². The first-order chi connectivity index (χ1) is 9.30. The average Bonchev–Trinajstić information content (AvgIpc) is 2.32. The number of likely N-dealkylation sites (tertiary alicyclic amines) is 1. The summed E-state index contributed by atoms with van der Waals surface area (Å²) in [5, 5.41) is 0. The van der Waals surface area contributed by atoms with E-state index in [9.17, 15) is 8.42 Å². The van der Waals surface area contributed by atoms with Crippen LogP contribution in [0.5, 0.6) is 0 Å². The largest absolute Gasteiger partial charge is 0.370 e. The van der Waals surface area contributed by atoms with Crippen LogP contribution in [-0.4, -0.2) is 51.5 Å². The fourth-order valence-electron chi connectivity index (χ4n) is 2.20. The molecule has 1 heterocycles. The lowest BCUT2D eigenvalue weighted by Crippen LogP contribution is -2.44. The molecule has 1 fully saturated rings. The molecule has 7 nitrogen and oxygen atoms in total. The summed E-state index contributed by atoms with van der Waals surface area (Å²) in [6, 6.07) is -0.129. The fraction of sp³-hybridized carbons (Fsp3) is 0.917. The molecule has 4 N–H and O–H groups in total. The first kappa shape index (κ1) is 17.2. The molecule has 1 atom stereocenters. The van der Waals surface area contributed by atoms with Crippen molar-refractivity contribution in [3.8, 4) is 0 Å². The highest BCUT2D eigenvalue weighted by molar-refractivity contribution is 7.87. The Morgan fingerprint density at radius 3 is 2.80 bits per heavy atom. The van der Waals surface area contributed by atoms with Gasteiger partial charge in [0.05, 0.1) is 6.54 Å². The van der Waals surface area contributed by atoms with Gasteiger partial charge in [0, 0.05) is 25.7 Å². The van der Waals surface area contributed by atoms with Gasteiger partial charge in [0.15, 0.2) is 5.96 Å². The maximum absolute atomic E-state index is 11.5. The first-order valence-electron chi connectivity index (χ1n) is 7.12. The molecule has 0 radical (unpaired) electrons. The van der Waals surface area contributed by atoms with Gasteiger partial charge in [-0.25, -0.2) is 4.72 Å². The number of hydrogen-bond donors (Lipinski definition) is 3. The summed E-state index contributed by atoms with van der Waals surface area (Å²) in [4.78, 5) is 6.29. The summed E-state index contributed by atoms with van der Waals surface area (Å²) < 4.78 is 27.9. The van der Waals surface area contributed by atoms with Crippen molar-refractivity contribution < 1.29 is 8.42 Å². The van der Waals surface area contributed by atoms with Gasteiger partial charge in [-0.05, 0) is 32.6 Å². The third kappa shape index (κ3) is 6.53. The second kappa shape index (κ2) is 7.80. The van der Waals surface area contributed by atoms with Crippen molar-refractivity contribution in [1.29, 1.82) is 0 Å². The quantitative estimate of drug-likeness (QED) is 0.361. The van der Waals surface area contributed by atoms with E-state index in [2.05, 4.69) is 26.3 Å². The van der Waals surface area contributed by atoms with Crippen LogP contribution in [0.25, 0.3) is 0 Å². The molecule has 1 aliphatic heterocycles. The van der Waals surface area contributed by atoms with E-state index < -0.39 is 10.2 Å². The van der Waals surface area contributed by atoms with E-state index in [1.807, 2.05) is 0 Å². The van der Waals surface area contributed by atoms with Crippen LogP contribution in [0.3, 0.4) is 0 Å². The molecule has 0 amide bonds. The lowest BCUT2D eigenvalue weighted by atomic mass is 10.0. The lowest BCUT2D eigenvalue weighted by Gasteiger charge is -2.31. The number of rotatable bonds is 6.